The van der Waals surface area contributed by atoms with Gasteiger partial charge in [-0.1, -0.05) is 66.2 Å². The van der Waals surface area contributed by atoms with Gasteiger partial charge in [0, 0.05) is 10.8 Å². The number of halogens is 1. The number of furan rings is 1. The molecule has 4 aromatic carbocycles. The monoisotopic (exact) mass is 328 g/mol. The number of fused-ring (bicyclic) bond motifs is 4. The molecule has 1 heterocycles. The van der Waals surface area contributed by atoms with Gasteiger partial charge in [0.25, 0.3) is 0 Å². The zero-order valence-corrected chi connectivity index (χ0v) is 13.5. The third kappa shape index (κ3) is 2.02. The molecular weight excluding hydrogens is 316 g/mol. The summed E-state index contributed by atoms with van der Waals surface area (Å²) in [5.41, 5.74) is 3.87. The fourth-order valence-corrected chi connectivity index (χ4v) is 3.58. The summed E-state index contributed by atoms with van der Waals surface area (Å²) in [5, 5.41) is 5.18. The molecule has 0 aliphatic carbocycles. The molecule has 24 heavy (non-hydrogen) atoms. The van der Waals surface area contributed by atoms with Crippen molar-refractivity contribution in [2.24, 2.45) is 0 Å². The maximum Gasteiger partial charge on any atom is 0.154 e. The first-order chi connectivity index (χ1) is 11.8. The van der Waals surface area contributed by atoms with Crippen molar-refractivity contribution < 1.29 is 4.42 Å². The van der Waals surface area contributed by atoms with Gasteiger partial charge in [-0.3, -0.25) is 0 Å². The summed E-state index contributed by atoms with van der Waals surface area (Å²) in [6.45, 7) is 0. The van der Waals surface area contributed by atoms with Crippen LogP contribution < -0.4 is 0 Å². The topological polar surface area (TPSA) is 13.1 Å². The van der Waals surface area contributed by atoms with Crippen LogP contribution in [-0.4, -0.2) is 0 Å². The standard InChI is InChI=1S/C22H13ClO/c23-20-12-17(14-6-2-1-3-7-14)11-19-18-10-15-8-4-5-9-16(15)13-21(18)24-22(19)20/h1-13H. The largest absolute Gasteiger partial charge is 0.454 e. The minimum atomic E-state index is 0.645. The Morgan fingerprint density at radius 1 is 0.625 bits per heavy atom. The van der Waals surface area contributed by atoms with Gasteiger partial charge < -0.3 is 4.42 Å². The van der Waals surface area contributed by atoms with Crippen LogP contribution in [-0.2, 0) is 0 Å². The molecule has 0 fully saturated rings. The van der Waals surface area contributed by atoms with Crippen LogP contribution in [0.2, 0.25) is 5.02 Å². The molecule has 1 nitrogen and oxygen atoms in total. The van der Waals surface area contributed by atoms with Crippen LogP contribution in [0, 0.1) is 0 Å². The average molecular weight is 329 g/mol. The SMILES string of the molecule is Clc1cc(-c2ccccc2)cc2c1oc1cc3ccccc3cc12. The van der Waals surface area contributed by atoms with E-state index in [-0.39, 0.29) is 0 Å². The van der Waals surface area contributed by atoms with Gasteiger partial charge in [-0.15, -0.1) is 0 Å². The number of rotatable bonds is 1. The van der Waals surface area contributed by atoms with E-state index in [0.29, 0.717) is 5.02 Å². The van der Waals surface area contributed by atoms with E-state index in [4.69, 9.17) is 16.0 Å². The molecule has 114 valence electrons. The Kier molecular flexibility index (Phi) is 2.91. The van der Waals surface area contributed by atoms with Crippen LogP contribution in [0.5, 0.6) is 0 Å². The molecule has 0 unspecified atom stereocenters. The summed E-state index contributed by atoms with van der Waals surface area (Å²) in [7, 11) is 0. The van der Waals surface area contributed by atoms with E-state index in [1.807, 2.05) is 30.3 Å². The van der Waals surface area contributed by atoms with Crippen molar-refractivity contribution in [3.63, 3.8) is 0 Å². The van der Waals surface area contributed by atoms with Crippen LogP contribution in [0.3, 0.4) is 0 Å². The first-order valence-electron chi connectivity index (χ1n) is 7.89. The predicted octanol–water partition coefficient (Wildman–Crippen LogP) is 7.06. The Bertz CT molecular complexity index is 1200. The van der Waals surface area contributed by atoms with Gasteiger partial charge in [-0.05, 0) is 46.2 Å². The maximum absolute atomic E-state index is 6.52. The normalized spacial score (nSPS) is 11.5. The van der Waals surface area contributed by atoms with E-state index in [2.05, 4.69) is 48.5 Å². The quantitative estimate of drug-likeness (QED) is 0.321. The summed E-state index contributed by atoms with van der Waals surface area (Å²) >= 11 is 6.52. The number of hydrogen-bond donors (Lipinski definition) is 0. The van der Waals surface area contributed by atoms with Gasteiger partial charge in [0.05, 0.1) is 5.02 Å². The molecule has 0 radical (unpaired) electrons. The van der Waals surface area contributed by atoms with Gasteiger partial charge in [0.2, 0.25) is 0 Å². The number of hydrogen-bond acceptors (Lipinski definition) is 1. The van der Waals surface area contributed by atoms with Crippen molar-refractivity contribution in [2.75, 3.05) is 0 Å². The van der Waals surface area contributed by atoms with E-state index in [1.54, 1.807) is 0 Å². The lowest BCUT2D eigenvalue weighted by atomic mass is 10.0. The Morgan fingerprint density at radius 3 is 2.12 bits per heavy atom. The average Bonchev–Trinajstić information content (AvgIpc) is 2.99. The van der Waals surface area contributed by atoms with Gasteiger partial charge in [0.15, 0.2) is 5.58 Å². The third-order valence-corrected chi connectivity index (χ3v) is 4.78. The zero-order valence-electron chi connectivity index (χ0n) is 12.8. The van der Waals surface area contributed by atoms with Crippen LogP contribution in [0.15, 0.2) is 83.3 Å². The lowest BCUT2D eigenvalue weighted by molar-refractivity contribution is 0.669. The molecule has 5 aromatic rings. The Labute approximate surface area is 144 Å². The van der Waals surface area contributed by atoms with Crippen LogP contribution >= 0.6 is 11.6 Å². The second-order valence-electron chi connectivity index (χ2n) is 6.00. The van der Waals surface area contributed by atoms with E-state index in [9.17, 15) is 0 Å². The second kappa shape index (κ2) is 5.12. The third-order valence-electron chi connectivity index (χ3n) is 4.50. The molecule has 0 amide bonds. The number of benzene rings is 4. The minimum Gasteiger partial charge on any atom is -0.454 e. The molecule has 0 saturated heterocycles. The molecule has 0 bridgehead atoms. The molecule has 5 rings (SSSR count). The van der Waals surface area contributed by atoms with Gasteiger partial charge in [-0.25, -0.2) is 0 Å². The Hall–Kier alpha value is -2.77. The highest BCUT2D eigenvalue weighted by molar-refractivity contribution is 6.36. The molecule has 0 N–H and O–H groups in total. The Morgan fingerprint density at radius 2 is 1.33 bits per heavy atom. The van der Waals surface area contributed by atoms with Crippen molar-refractivity contribution in [2.45, 2.75) is 0 Å². The molecule has 0 aliphatic heterocycles. The van der Waals surface area contributed by atoms with Gasteiger partial charge >= 0.3 is 0 Å². The highest BCUT2D eigenvalue weighted by atomic mass is 35.5. The van der Waals surface area contributed by atoms with Gasteiger partial charge in [-0.2, -0.15) is 0 Å². The molecular formula is C22H13ClO. The molecule has 0 atom stereocenters. The minimum absolute atomic E-state index is 0.645. The molecule has 1 aromatic heterocycles. The van der Waals surface area contributed by atoms with E-state index >= 15 is 0 Å². The lowest BCUT2D eigenvalue weighted by Crippen LogP contribution is -1.78. The predicted molar refractivity (Wildman–Crippen MR) is 102 cm³/mol. The molecule has 0 aliphatic rings. The summed E-state index contributed by atoms with van der Waals surface area (Å²) in [6, 6.07) is 27.0. The highest BCUT2D eigenvalue weighted by Gasteiger charge is 2.13. The summed E-state index contributed by atoms with van der Waals surface area (Å²) in [4.78, 5) is 0. The van der Waals surface area contributed by atoms with Gasteiger partial charge in [0.1, 0.15) is 5.58 Å². The van der Waals surface area contributed by atoms with E-state index in [0.717, 1.165) is 33.1 Å². The molecule has 0 spiro atoms. The van der Waals surface area contributed by atoms with Crippen molar-refractivity contribution in [1.29, 1.82) is 0 Å². The van der Waals surface area contributed by atoms with Crippen molar-refractivity contribution in [1.82, 2.24) is 0 Å². The fourth-order valence-electron chi connectivity index (χ4n) is 3.32. The van der Waals surface area contributed by atoms with Crippen molar-refractivity contribution >= 4 is 44.3 Å². The molecule has 2 heteroatoms. The Balaban J connectivity index is 1.88. The van der Waals surface area contributed by atoms with Crippen molar-refractivity contribution in [3.8, 4) is 11.1 Å². The first-order valence-corrected chi connectivity index (χ1v) is 8.27. The summed E-state index contributed by atoms with van der Waals surface area (Å²) < 4.78 is 6.05. The summed E-state index contributed by atoms with van der Waals surface area (Å²) in [5.74, 6) is 0. The first kappa shape index (κ1) is 13.6. The van der Waals surface area contributed by atoms with Crippen LogP contribution in [0.1, 0.15) is 0 Å². The maximum atomic E-state index is 6.52. The highest BCUT2D eigenvalue weighted by Crippen LogP contribution is 2.38. The summed E-state index contributed by atoms with van der Waals surface area (Å²) in [6.07, 6.45) is 0. The fraction of sp³-hybridized carbons (Fsp3) is 0. The van der Waals surface area contributed by atoms with Crippen LogP contribution in [0.25, 0.3) is 43.8 Å². The van der Waals surface area contributed by atoms with Crippen molar-refractivity contribution in [3.05, 3.63) is 83.9 Å². The second-order valence-corrected chi connectivity index (χ2v) is 6.41. The lowest BCUT2D eigenvalue weighted by Gasteiger charge is -2.03. The van der Waals surface area contributed by atoms with Crippen LogP contribution in [0.4, 0.5) is 0 Å². The zero-order chi connectivity index (χ0) is 16.1. The van der Waals surface area contributed by atoms with E-state index in [1.165, 1.54) is 10.8 Å². The smallest absolute Gasteiger partial charge is 0.154 e. The molecule has 0 saturated carbocycles. The van der Waals surface area contributed by atoms with E-state index < -0.39 is 0 Å².